The van der Waals surface area contributed by atoms with E-state index in [0.29, 0.717) is 35.8 Å². The highest BCUT2D eigenvalue weighted by molar-refractivity contribution is 5.99. The number of nitrogens with zero attached hydrogens (tertiary/aromatic N) is 3. The normalized spacial score (nSPS) is 27.7. The molecule has 0 bridgehead atoms. The molecule has 1 spiro atoms. The van der Waals surface area contributed by atoms with E-state index in [4.69, 9.17) is 4.74 Å². The Balaban J connectivity index is 1.29. The fourth-order valence-electron chi connectivity index (χ4n) is 5.54. The standard InChI is InChI=1S/C23H28F3N7O/c24-23(25,26)16-12-29-21(30-17-3-4-22(17)5-6-27-13-22)32-19(16)15-11-28-20-14(15)1-2-18(31-20)33-7-9-34-10-8-33/h1-2,11,17,27H,3-10,12-13H2,(H,28,31)(H2,29,30,32). The zero-order valence-electron chi connectivity index (χ0n) is 18.8. The molecule has 4 aliphatic rings. The molecule has 2 aromatic rings. The first-order chi connectivity index (χ1) is 16.4. The van der Waals surface area contributed by atoms with E-state index in [2.05, 4.69) is 35.8 Å². The summed E-state index contributed by atoms with van der Waals surface area (Å²) in [6.45, 7) is 4.24. The van der Waals surface area contributed by atoms with Gasteiger partial charge in [0, 0.05) is 48.2 Å². The van der Waals surface area contributed by atoms with Gasteiger partial charge in [-0.15, -0.1) is 0 Å². The molecule has 2 saturated heterocycles. The average Bonchev–Trinajstić information content (AvgIpc) is 3.50. The van der Waals surface area contributed by atoms with Crippen molar-refractivity contribution in [1.29, 1.82) is 0 Å². The first-order valence-electron chi connectivity index (χ1n) is 11.8. The lowest BCUT2D eigenvalue weighted by Crippen LogP contribution is -2.58. The predicted octanol–water partition coefficient (Wildman–Crippen LogP) is 2.36. The Morgan fingerprint density at radius 2 is 2.03 bits per heavy atom. The third-order valence-corrected chi connectivity index (χ3v) is 7.67. The molecule has 3 fully saturated rings. The SMILES string of the molecule is FC(F)(F)C1=C(c2c[nH]c3nc(N4CCOCC4)ccc23)NC(NC2CCC23CCNC3)=NC1. The molecule has 2 aromatic heterocycles. The number of morpholine rings is 1. The van der Waals surface area contributed by atoms with Gasteiger partial charge in [-0.1, -0.05) is 0 Å². The lowest BCUT2D eigenvalue weighted by atomic mass is 9.64. The average molecular weight is 476 g/mol. The summed E-state index contributed by atoms with van der Waals surface area (Å²) in [7, 11) is 0. The summed E-state index contributed by atoms with van der Waals surface area (Å²) in [4.78, 5) is 14.1. The quantitative estimate of drug-likeness (QED) is 0.545. The summed E-state index contributed by atoms with van der Waals surface area (Å²) in [6.07, 6.45) is 0.308. The van der Waals surface area contributed by atoms with Gasteiger partial charge in [0.15, 0.2) is 5.96 Å². The highest BCUT2D eigenvalue weighted by Gasteiger charge is 2.49. The number of pyridine rings is 1. The summed E-state index contributed by atoms with van der Waals surface area (Å²) < 4.78 is 47.3. The van der Waals surface area contributed by atoms with E-state index in [9.17, 15) is 13.2 Å². The Morgan fingerprint density at radius 1 is 1.18 bits per heavy atom. The Kier molecular flexibility index (Phi) is 5.21. The second kappa shape index (κ2) is 8.16. The molecule has 182 valence electrons. The first-order valence-corrected chi connectivity index (χ1v) is 11.8. The number of hydrogen-bond acceptors (Lipinski definition) is 7. The number of alkyl halides is 3. The minimum atomic E-state index is -4.49. The van der Waals surface area contributed by atoms with Crippen LogP contribution in [0.25, 0.3) is 16.7 Å². The van der Waals surface area contributed by atoms with Gasteiger partial charge in [0.25, 0.3) is 0 Å². The number of aromatic nitrogens is 2. The Bertz CT molecular complexity index is 1140. The van der Waals surface area contributed by atoms with Crippen molar-refractivity contribution in [2.45, 2.75) is 31.5 Å². The lowest BCUT2D eigenvalue weighted by Gasteiger charge is -2.47. The number of aromatic amines is 1. The zero-order chi connectivity index (χ0) is 23.3. The topological polar surface area (TPSA) is 89.6 Å². The summed E-state index contributed by atoms with van der Waals surface area (Å²) in [6, 6.07) is 3.91. The number of anilines is 1. The van der Waals surface area contributed by atoms with E-state index >= 15 is 0 Å². The number of hydrogen-bond donors (Lipinski definition) is 4. The number of guanidine groups is 1. The third kappa shape index (κ3) is 3.70. The van der Waals surface area contributed by atoms with Crippen molar-refractivity contribution in [3.8, 4) is 0 Å². The number of H-pyrrole nitrogens is 1. The summed E-state index contributed by atoms with van der Waals surface area (Å²) in [5.41, 5.74) is 0.543. The van der Waals surface area contributed by atoms with Gasteiger partial charge in [0.05, 0.1) is 31.0 Å². The van der Waals surface area contributed by atoms with E-state index in [-0.39, 0.29) is 17.2 Å². The molecule has 0 amide bonds. The van der Waals surface area contributed by atoms with Crippen molar-refractivity contribution in [1.82, 2.24) is 25.9 Å². The van der Waals surface area contributed by atoms with Gasteiger partial charge >= 0.3 is 6.18 Å². The third-order valence-electron chi connectivity index (χ3n) is 7.67. The Hall–Kier alpha value is -2.79. The van der Waals surface area contributed by atoms with Crippen LogP contribution in [0.3, 0.4) is 0 Å². The van der Waals surface area contributed by atoms with E-state index in [1.165, 1.54) is 0 Å². The van der Waals surface area contributed by atoms with E-state index in [0.717, 1.165) is 51.3 Å². The molecule has 2 atom stereocenters. The number of nitrogens with one attached hydrogen (secondary N) is 4. The number of halogens is 3. The van der Waals surface area contributed by atoms with Gasteiger partial charge < -0.3 is 30.6 Å². The molecule has 5 heterocycles. The lowest BCUT2D eigenvalue weighted by molar-refractivity contribution is -0.0918. The molecular weight excluding hydrogens is 447 g/mol. The van der Waals surface area contributed by atoms with Crippen molar-refractivity contribution in [3.05, 3.63) is 29.5 Å². The number of ether oxygens (including phenoxy) is 1. The largest absolute Gasteiger partial charge is 0.416 e. The second-order valence-electron chi connectivity index (χ2n) is 9.53. The molecule has 8 nitrogen and oxygen atoms in total. The molecule has 0 aromatic carbocycles. The highest BCUT2D eigenvalue weighted by atomic mass is 19.4. The van der Waals surface area contributed by atoms with Crippen molar-refractivity contribution < 1.29 is 17.9 Å². The van der Waals surface area contributed by atoms with Crippen LogP contribution < -0.4 is 20.9 Å². The summed E-state index contributed by atoms with van der Waals surface area (Å²) in [5, 5.41) is 10.4. The maximum atomic E-state index is 14.0. The van der Waals surface area contributed by atoms with Crippen molar-refractivity contribution >= 4 is 28.5 Å². The van der Waals surface area contributed by atoms with E-state index in [1.807, 2.05) is 12.1 Å². The number of aliphatic imine (C=N–C) groups is 1. The van der Waals surface area contributed by atoms with Gasteiger partial charge in [-0.3, -0.25) is 0 Å². The van der Waals surface area contributed by atoms with Gasteiger partial charge in [0.1, 0.15) is 11.5 Å². The van der Waals surface area contributed by atoms with Crippen LogP contribution in [-0.2, 0) is 4.74 Å². The fraction of sp³-hybridized carbons (Fsp3) is 0.565. The first kappa shape index (κ1) is 21.7. The molecule has 34 heavy (non-hydrogen) atoms. The molecule has 11 heteroatoms. The van der Waals surface area contributed by atoms with Crippen LogP contribution in [0.1, 0.15) is 24.8 Å². The van der Waals surface area contributed by atoms with Crippen LogP contribution in [0.4, 0.5) is 19.0 Å². The fourth-order valence-corrected chi connectivity index (χ4v) is 5.54. The molecule has 1 saturated carbocycles. The van der Waals surface area contributed by atoms with Gasteiger partial charge in [-0.05, 0) is 37.9 Å². The Labute approximate surface area is 195 Å². The maximum Gasteiger partial charge on any atom is 0.416 e. The van der Waals surface area contributed by atoms with Gasteiger partial charge in [0.2, 0.25) is 0 Å². The maximum absolute atomic E-state index is 14.0. The molecule has 0 radical (unpaired) electrons. The smallest absolute Gasteiger partial charge is 0.378 e. The van der Waals surface area contributed by atoms with Crippen LogP contribution in [0.15, 0.2) is 28.9 Å². The minimum absolute atomic E-state index is 0.0371. The number of rotatable bonds is 3. The van der Waals surface area contributed by atoms with Crippen molar-refractivity contribution in [2.75, 3.05) is 50.8 Å². The predicted molar refractivity (Wildman–Crippen MR) is 124 cm³/mol. The van der Waals surface area contributed by atoms with Crippen LogP contribution in [0, 0.1) is 5.41 Å². The molecular formula is C23H28F3N7O. The molecule has 1 aliphatic carbocycles. The molecule has 2 unspecified atom stereocenters. The monoisotopic (exact) mass is 475 g/mol. The summed E-state index contributed by atoms with van der Waals surface area (Å²) in [5.74, 6) is 1.20. The summed E-state index contributed by atoms with van der Waals surface area (Å²) >= 11 is 0. The van der Waals surface area contributed by atoms with Gasteiger partial charge in [-0.25, -0.2) is 9.98 Å². The van der Waals surface area contributed by atoms with Crippen molar-refractivity contribution in [2.24, 2.45) is 10.4 Å². The molecule has 6 rings (SSSR count). The molecule has 4 N–H and O–H groups in total. The van der Waals surface area contributed by atoms with E-state index < -0.39 is 18.3 Å². The van der Waals surface area contributed by atoms with Gasteiger partial charge in [-0.2, -0.15) is 13.2 Å². The number of fused-ring (bicyclic) bond motifs is 1. The Morgan fingerprint density at radius 3 is 2.74 bits per heavy atom. The van der Waals surface area contributed by atoms with Crippen LogP contribution >= 0.6 is 0 Å². The van der Waals surface area contributed by atoms with Crippen molar-refractivity contribution in [3.63, 3.8) is 0 Å². The minimum Gasteiger partial charge on any atom is -0.378 e. The molecule has 3 aliphatic heterocycles. The zero-order valence-corrected chi connectivity index (χ0v) is 18.8. The van der Waals surface area contributed by atoms with E-state index in [1.54, 1.807) is 6.20 Å². The van der Waals surface area contributed by atoms with Crippen LogP contribution in [-0.4, -0.2) is 74.1 Å². The second-order valence-corrected chi connectivity index (χ2v) is 9.53. The van der Waals surface area contributed by atoms with Crippen LogP contribution in [0.2, 0.25) is 0 Å². The highest BCUT2D eigenvalue weighted by Crippen LogP contribution is 2.46. The van der Waals surface area contributed by atoms with Crippen LogP contribution in [0.5, 0.6) is 0 Å².